The van der Waals surface area contributed by atoms with Crippen molar-refractivity contribution in [2.75, 3.05) is 20.3 Å². The maximum Gasteiger partial charge on any atom is 0.323 e. The van der Waals surface area contributed by atoms with Crippen LogP contribution in [0.2, 0.25) is 0 Å². The van der Waals surface area contributed by atoms with Crippen molar-refractivity contribution in [2.24, 2.45) is 11.3 Å². The van der Waals surface area contributed by atoms with Gasteiger partial charge in [0.2, 0.25) is 0 Å². The van der Waals surface area contributed by atoms with Crippen LogP contribution in [-0.4, -0.2) is 38.4 Å². The fraction of sp³-hybridized carbons (Fsp3) is 0.938. The highest BCUT2D eigenvalue weighted by Crippen LogP contribution is 2.39. The maximum atomic E-state index is 11.7. The van der Waals surface area contributed by atoms with Crippen LogP contribution >= 0.6 is 0 Å². The number of esters is 1. The molecule has 4 heteroatoms. The van der Waals surface area contributed by atoms with Gasteiger partial charge in [0.1, 0.15) is 6.04 Å². The number of nitrogens with one attached hydrogen (secondary N) is 1. The number of rotatable bonds is 7. The molecule has 1 rings (SSSR count). The molecule has 1 aliphatic rings. The lowest BCUT2D eigenvalue weighted by Gasteiger charge is -2.38. The highest BCUT2D eigenvalue weighted by Gasteiger charge is 2.32. The van der Waals surface area contributed by atoms with Gasteiger partial charge in [-0.15, -0.1) is 0 Å². The van der Waals surface area contributed by atoms with Gasteiger partial charge < -0.3 is 14.8 Å². The van der Waals surface area contributed by atoms with Gasteiger partial charge in [0, 0.05) is 6.61 Å². The average Bonchev–Trinajstić information content (AvgIpc) is 2.32. The molecule has 0 aliphatic heterocycles. The lowest BCUT2D eigenvalue weighted by molar-refractivity contribution is -0.146. The quantitative estimate of drug-likeness (QED) is 0.731. The zero-order valence-corrected chi connectivity index (χ0v) is 13.7. The van der Waals surface area contributed by atoms with Crippen LogP contribution in [0.25, 0.3) is 0 Å². The van der Waals surface area contributed by atoms with Crippen LogP contribution < -0.4 is 5.32 Å². The van der Waals surface area contributed by atoms with Crippen molar-refractivity contribution in [3.63, 3.8) is 0 Å². The Morgan fingerprint density at radius 3 is 2.65 bits per heavy atom. The van der Waals surface area contributed by atoms with Gasteiger partial charge in [0.15, 0.2) is 0 Å². The highest BCUT2D eigenvalue weighted by molar-refractivity contribution is 5.75. The molecule has 3 atom stereocenters. The van der Waals surface area contributed by atoms with Gasteiger partial charge in [-0.3, -0.25) is 4.79 Å². The molecular weight excluding hydrogens is 254 g/mol. The molecule has 0 radical (unpaired) electrons. The second kappa shape index (κ2) is 7.99. The Hall–Kier alpha value is -0.610. The van der Waals surface area contributed by atoms with Gasteiger partial charge in [-0.25, -0.2) is 0 Å². The molecule has 0 heterocycles. The molecular formula is C16H31NO3. The maximum absolute atomic E-state index is 11.7. The van der Waals surface area contributed by atoms with Gasteiger partial charge >= 0.3 is 5.97 Å². The van der Waals surface area contributed by atoms with Crippen LogP contribution in [0.3, 0.4) is 0 Å². The number of carbonyl (C=O) groups excluding carboxylic acids is 1. The fourth-order valence-corrected chi connectivity index (χ4v) is 3.36. The van der Waals surface area contributed by atoms with Gasteiger partial charge in [0.25, 0.3) is 0 Å². The van der Waals surface area contributed by atoms with Crippen molar-refractivity contribution in [2.45, 2.75) is 65.5 Å². The summed E-state index contributed by atoms with van der Waals surface area (Å²) in [7, 11) is 1.79. The van der Waals surface area contributed by atoms with Crippen molar-refractivity contribution in [1.29, 1.82) is 0 Å². The smallest absolute Gasteiger partial charge is 0.323 e. The normalized spacial score (nSPS) is 27.1. The lowest BCUT2D eigenvalue weighted by Crippen LogP contribution is -2.38. The van der Waals surface area contributed by atoms with E-state index in [2.05, 4.69) is 26.1 Å². The second-order valence-corrected chi connectivity index (χ2v) is 6.79. The summed E-state index contributed by atoms with van der Waals surface area (Å²) in [5, 5.41) is 2.99. The van der Waals surface area contributed by atoms with E-state index in [0.717, 1.165) is 12.8 Å². The molecule has 20 heavy (non-hydrogen) atoms. The van der Waals surface area contributed by atoms with Crippen molar-refractivity contribution >= 4 is 5.97 Å². The number of ether oxygens (including phenoxy) is 2. The zero-order valence-electron chi connectivity index (χ0n) is 13.7. The summed E-state index contributed by atoms with van der Waals surface area (Å²) in [5.41, 5.74) is 0.367. The summed E-state index contributed by atoms with van der Waals surface area (Å²) in [6, 6.07) is -0.260. The van der Waals surface area contributed by atoms with E-state index in [1.54, 1.807) is 7.05 Å². The van der Waals surface area contributed by atoms with E-state index in [0.29, 0.717) is 37.1 Å². The number of likely N-dealkylation sites (N-methyl/N-ethyl adjacent to an activating group) is 1. The standard InChI is InChI=1S/C16H31NO3/c1-6-19-15(18)14(17-5)7-8-20-13-9-12(2)10-16(3,4)11-13/h12-14,17H,6-11H2,1-5H3. The van der Waals surface area contributed by atoms with Crippen LogP contribution in [0.1, 0.15) is 53.4 Å². The average molecular weight is 285 g/mol. The third-order valence-corrected chi connectivity index (χ3v) is 4.03. The predicted molar refractivity (Wildman–Crippen MR) is 80.6 cm³/mol. The second-order valence-electron chi connectivity index (χ2n) is 6.79. The predicted octanol–water partition coefficient (Wildman–Crippen LogP) is 2.76. The molecule has 0 aromatic heterocycles. The molecule has 1 aliphatic carbocycles. The fourth-order valence-electron chi connectivity index (χ4n) is 3.36. The number of carbonyl (C=O) groups is 1. The highest BCUT2D eigenvalue weighted by atomic mass is 16.5. The molecule has 1 N–H and O–H groups in total. The molecule has 3 unspecified atom stereocenters. The Morgan fingerprint density at radius 2 is 2.10 bits per heavy atom. The van der Waals surface area contributed by atoms with Gasteiger partial charge in [-0.05, 0) is 51.0 Å². The first-order valence-corrected chi connectivity index (χ1v) is 7.83. The first-order valence-electron chi connectivity index (χ1n) is 7.83. The molecule has 1 saturated carbocycles. The summed E-state index contributed by atoms with van der Waals surface area (Å²) in [6.45, 7) is 9.78. The molecule has 0 aromatic carbocycles. The monoisotopic (exact) mass is 285 g/mol. The summed E-state index contributed by atoms with van der Waals surface area (Å²) >= 11 is 0. The minimum Gasteiger partial charge on any atom is -0.465 e. The Balaban J connectivity index is 2.33. The topological polar surface area (TPSA) is 47.6 Å². The van der Waals surface area contributed by atoms with Crippen LogP contribution in [0.4, 0.5) is 0 Å². The first kappa shape index (κ1) is 17.4. The minimum absolute atomic E-state index is 0.184. The Morgan fingerprint density at radius 1 is 1.40 bits per heavy atom. The number of hydrogen-bond acceptors (Lipinski definition) is 4. The zero-order chi connectivity index (χ0) is 15.2. The SMILES string of the molecule is CCOC(=O)C(CCOC1CC(C)CC(C)(C)C1)NC. The summed E-state index contributed by atoms with van der Waals surface area (Å²) in [4.78, 5) is 11.7. The van der Waals surface area contributed by atoms with Crippen molar-refractivity contribution in [3.8, 4) is 0 Å². The molecule has 0 saturated heterocycles. The molecule has 1 fully saturated rings. The largest absolute Gasteiger partial charge is 0.465 e. The molecule has 4 nitrogen and oxygen atoms in total. The van der Waals surface area contributed by atoms with Gasteiger partial charge in [0.05, 0.1) is 12.7 Å². The van der Waals surface area contributed by atoms with E-state index in [-0.39, 0.29) is 12.0 Å². The number of hydrogen-bond donors (Lipinski definition) is 1. The Bertz CT molecular complexity index is 304. The molecule has 0 amide bonds. The van der Waals surface area contributed by atoms with E-state index in [1.165, 1.54) is 6.42 Å². The Kier molecular flexibility index (Phi) is 6.96. The van der Waals surface area contributed by atoms with E-state index in [9.17, 15) is 4.79 Å². The van der Waals surface area contributed by atoms with Gasteiger partial charge in [-0.1, -0.05) is 20.8 Å². The van der Waals surface area contributed by atoms with Crippen LogP contribution in [0.15, 0.2) is 0 Å². The summed E-state index contributed by atoms with van der Waals surface area (Å²) in [5.74, 6) is 0.532. The molecule has 118 valence electrons. The van der Waals surface area contributed by atoms with Gasteiger partial charge in [-0.2, -0.15) is 0 Å². The van der Waals surface area contributed by atoms with Crippen molar-refractivity contribution in [1.82, 2.24) is 5.32 Å². The first-order chi connectivity index (χ1) is 9.38. The minimum atomic E-state index is -0.260. The third kappa shape index (κ3) is 5.80. The van der Waals surface area contributed by atoms with Crippen LogP contribution in [0.5, 0.6) is 0 Å². The van der Waals surface area contributed by atoms with Crippen LogP contribution in [-0.2, 0) is 14.3 Å². The molecule has 0 aromatic rings. The third-order valence-electron chi connectivity index (χ3n) is 4.03. The van der Waals surface area contributed by atoms with Crippen molar-refractivity contribution < 1.29 is 14.3 Å². The van der Waals surface area contributed by atoms with E-state index in [1.807, 2.05) is 6.92 Å². The molecule has 0 spiro atoms. The summed E-state index contributed by atoms with van der Waals surface area (Å²) < 4.78 is 11.0. The lowest BCUT2D eigenvalue weighted by atomic mass is 9.71. The van der Waals surface area contributed by atoms with Crippen molar-refractivity contribution in [3.05, 3.63) is 0 Å². The van der Waals surface area contributed by atoms with E-state index >= 15 is 0 Å². The summed E-state index contributed by atoms with van der Waals surface area (Å²) in [6.07, 6.45) is 4.51. The Labute approximate surface area is 123 Å². The van der Waals surface area contributed by atoms with E-state index in [4.69, 9.17) is 9.47 Å². The van der Waals surface area contributed by atoms with E-state index < -0.39 is 0 Å². The molecule has 0 bridgehead atoms. The van der Waals surface area contributed by atoms with Crippen LogP contribution in [0, 0.1) is 11.3 Å².